The molecule has 0 bridgehead atoms. The van der Waals surface area contributed by atoms with Crippen molar-refractivity contribution in [3.8, 4) is 11.5 Å². The van der Waals surface area contributed by atoms with Gasteiger partial charge in [-0.3, -0.25) is 14.9 Å². The van der Waals surface area contributed by atoms with Crippen molar-refractivity contribution in [2.75, 3.05) is 7.11 Å². The number of allylic oxidation sites excluding steroid dienone is 1. The minimum Gasteiger partial charge on any atom is -0.865 e. The van der Waals surface area contributed by atoms with Gasteiger partial charge in [-0.15, -0.1) is 0 Å². The number of benzene rings is 2. The number of rotatable bonds is 5. The van der Waals surface area contributed by atoms with Crippen molar-refractivity contribution in [1.82, 2.24) is 0 Å². The second-order valence-corrected chi connectivity index (χ2v) is 5.34. The summed E-state index contributed by atoms with van der Waals surface area (Å²) >= 11 is 0. The Bertz CT molecular complexity index is 840. The molecule has 0 amide bonds. The van der Waals surface area contributed by atoms with Gasteiger partial charge in [-0.25, -0.2) is 0 Å². The summed E-state index contributed by atoms with van der Waals surface area (Å²) in [7, 11) is 1.26. The van der Waals surface area contributed by atoms with Gasteiger partial charge in [-0.05, 0) is 37.1 Å². The SMILES string of the molecule is COc1cc(/C=C/C(=O)c2ccc(C)cc2C)cc([N+](=O)[O-])c1[O-]. The number of ketones is 1. The minimum atomic E-state index is -0.791. The molecule has 0 fully saturated rings. The first-order chi connectivity index (χ1) is 11.3. The van der Waals surface area contributed by atoms with Crippen LogP contribution in [-0.2, 0) is 0 Å². The number of carbonyl (C=O) groups excluding carboxylic acids is 1. The van der Waals surface area contributed by atoms with Gasteiger partial charge in [0, 0.05) is 17.4 Å². The zero-order chi connectivity index (χ0) is 17.9. The molecule has 2 aromatic rings. The van der Waals surface area contributed by atoms with E-state index in [9.17, 15) is 20.0 Å². The van der Waals surface area contributed by atoms with Gasteiger partial charge in [0.25, 0.3) is 5.69 Å². The summed E-state index contributed by atoms with van der Waals surface area (Å²) in [5.74, 6) is -1.15. The van der Waals surface area contributed by atoms with E-state index in [4.69, 9.17) is 4.74 Å². The molecule has 0 saturated carbocycles. The number of hydrogen-bond donors (Lipinski definition) is 0. The van der Waals surface area contributed by atoms with Crippen LogP contribution in [0.4, 0.5) is 5.69 Å². The van der Waals surface area contributed by atoms with Crippen molar-refractivity contribution in [3.63, 3.8) is 0 Å². The lowest BCUT2D eigenvalue weighted by Crippen LogP contribution is -2.01. The lowest BCUT2D eigenvalue weighted by molar-refractivity contribution is -0.398. The quantitative estimate of drug-likeness (QED) is 0.364. The van der Waals surface area contributed by atoms with Crippen LogP contribution in [0.5, 0.6) is 11.5 Å². The third-order valence-corrected chi connectivity index (χ3v) is 3.55. The summed E-state index contributed by atoms with van der Waals surface area (Å²) in [5, 5.41) is 22.7. The monoisotopic (exact) mass is 326 g/mol. The molecule has 0 aromatic heterocycles. The van der Waals surface area contributed by atoms with Crippen LogP contribution in [0, 0.1) is 24.0 Å². The molecule has 6 heteroatoms. The van der Waals surface area contributed by atoms with Crippen LogP contribution in [-0.4, -0.2) is 17.8 Å². The molecule has 124 valence electrons. The molecule has 2 rings (SSSR count). The number of nitro benzene ring substituents is 1. The van der Waals surface area contributed by atoms with E-state index in [-0.39, 0.29) is 11.5 Å². The van der Waals surface area contributed by atoms with Gasteiger partial charge < -0.3 is 9.84 Å². The van der Waals surface area contributed by atoms with Crippen LogP contribution >= 0.6 is 0 Å². The van der Waals surface area contributed by atoms with Crippen LogP contribution in [0.1, 0.15) is 27.0 Å². The lowest BCUT2D eigenvalue weighted by atomic mass is 10.0. The molecule has 0 radical (unpaired) electrons. The molecule has 0 atom stereocenters. The summed E-state index contributed by atoms with van der Waals surface area (Å²) in [4.78, 5) is 22.4. The van der Waals surface area contributed by atoms with Crippen LogP contribution in [0.3, 0.4) is 0 Å². The molecule has 0 saturated heterocycles. The van der Waals surface area contributed by atoms with E-state index in [0.29, 0.717) is 11.1 Å². The van der Waals surface area contributed by atoms with Gasteiger partial charge in [0.05, 0.1) is 12.0 Å². The van der Waals surface area contributed by atoms with Crippen LogP contribution < -0.4 is 9.84 Å². The Kier molecular flexibility index (Phi) is 4.99. The number of methoxy groups -OCH3 is 1. The third kappa shape index (κ3) is 3.60. The molecule has 2 aromatic carbocycles. The van der Waals surface area contributed by atoms with Gasteiger partial charge >= 0.3 is 0 Å². The summed E-state index contributed by atoms with van der Waals surface area (Å²) in [6.07, 6.45) is 2.75. The van der Waals surface area contributed by atoms with E-state index in [1.807, 2.05) is 26.0 Å². The van der Waals surface area contributed by atoms with E-state index >= 15 is 0 Å². The maximum atomic E-state index is 12.3. The molecule has 6 nitrogen and oxygen atoms in total. The molecule has 0 aliphatic rings. The first-order valence-corrected chi connectivity index (χ1v) is 7.16. The van der Waals surface area contributed by atoms with Gasteiger partial charge in [-0.2, -0.15) is 0 Å². The van der Waals surface area contributed by atoms with Crippen molar-refractivity contribution < 1.29 is 19.6 Å². The highest BCUT2D eigenvalue weighted by molar-refractivity contribution is 6.07. The fraction of sp³-hybridized carbons (Fsp3) is 0.167. The fourth-order valence-electron chi connectivity index (χ4n) is 2.34. The van der Waals surface area contributed by atoms with E-state index in [1.165, 1.54) is 25.3 Å². The van der Waals surface area contributed by atoms with Gasteiger partial charge in [0.15, 0.2) is 5.78 Å². The largest absolute Gasteiger partial charge is 0.865 e. The van der Waals surface area contributed by atoms with E-state index in [2.05, 4.69) is 0 Å². The number of nitro groups is 1. The summed E-state index contributed by atoms with van der Waals surface area (Å²) in [6.45, 7) is 3.78. The van der Waals surface area contributed by atoms with Crippen LogP contribution in [0.15, 0.2) is 36.4 Å². The average molecular weight is 326 g/mol. The molecule has 0 aliphatic heterocycles. The molecule has 0 aliphatic carbocycles. The topological polar surface area (TPSA) is 92.5 Å². The molecule has 0 unspecified atom stereocenters. The van der Waals surface area contributed by atoms with Crippen molar-refractivity contribution >= 4 is 17.5 Å². The predicted molar refractivity (Wildman–Crippen MR) is 88.4 cm³/mol. The van der Waals surface area contributed by atoms with Gasteiger partial charge in [0.1, 0.15) is 5.75 Å². The summed E-state index contributed by atoms with van der Waals surface area (Å²) < 4.78 is 4.86. The molecule has 24 heavy (non-hydrogen) atoms. The first kappa shape index (κ1) is 17.2. The van der Waals surface area contributed by atoms with E-state index < -0.39 is 16.4 Å². The predicted octanol–water partition coefficient (Wildman–Crippen LogP) is 3.19. The van der Waals surface area contributed by atoms with Crippen LogP contribution in [0.2, 0.25) is 0 Å². The number of carbonyl (C=O) groups is 1. The Morgan fingerprint density at radius 3 is 2.50 bits per heavy atom. The Labute approximate surface area is 139 Å². The van der Waals surface area contributed by atoms with Crippen molar-refractivity contribution in [2.45, 2.75) is 13.8 Å². The highest BCUT2D eigenvalue weighted by Crippen LogP contribution is 2.34. The first-order valence-electron chi connectivity index (χ1n) is 7.16. The summed E-state index contributed by atoms with van der Waals surface area (Å²) in [5.41, 5.74) is 2.21. The highest BCUT2D eigenvalue weighted by atomic mass is 16.6. The van der Waals surface area contributed by atoms with Gasteiger partial charge in [0.2, 0.25) is 0 Å². The second kappa shape index (κ2) is 6.95. The zero-order valence-electron chi connectivity index (χ0n) is 13.5. The molecular weight excluding hydrogens is 310 g/mol. The third-order valence-electron chi connectivity index (χ3n) is 3.55. The molecule has 0 spiro atoms. The molecule has 0 heterocycles. The standard InChI is InChI=1S/C18H17NO5/c1-11-4-6-14(12(2)8-11)16(20)7-5-13-9-15(19(22)23)18(21)17(10-13)24-3/h4-10,21H,1-3H3/p-1/b7-5+. The lowest BCUT2D eigenvalue weighted by Gasteiger charge is -2.13. The fourth-order valence-corrected chi connectivity index (χ4v) is 2.34. The Hall–Kier alpha value is -3.15. The number of ether oxygens (including phenoxy) is 1. The number of aryl methyl sites for hydroxylation is 2. The smallest absolute Gasteiger partial charge is 0.266 e. The van der Waals surface area contributed by atoms with E-state index in [1.54, 1.807) is 6.07 Å². The van der Waals surface area contributed by atoms with E-state index in [0.717, 1.165) is 17.2 Å². The maximum absolute atomic E-state index is 12.3. The Morgan fingerprint density at radius 1 is 1.21 bits per heavy atom. The van der Waals surface area contributed by atoms with Crippen molar-refractivity contribution in [3.05, 3.63) is 68.8 Å². The van der Waals surface area contributed by atoms with Crippen LogP contribution in [0.25, 0.3) is 6.08 Å². The second-order valence-electron chi connectivity index (χ2n) is 5.34. The maximum Gasteiger partial charge on any atom is 0.266 e. The van der Waals surface area contributed by atoms with Crippen molar-refractivity contribution in [1.29, 1.82) is 0 Å². The Morgan fingerprint density at radius 2 is 1.92 bits per heavy atom. The summed E-state index contributed by atoms with van der Waals surface area (Å²) in [6, 6.07) is 7.97. The molecule has 0 N–H and O–H groups in total. The molecular formula is C18H16NO5-. The number of nitrogens with zero attached hydrogens (tertiary/aromatic N) is 1. The van der Waals surface area contributed by atoms with Gasteiger partial charge in [-0.1, -0.05) is 29.8 Å². The average Bonchev–Trinajstić information content (AvgIpc) is 2.53. The number of hydrogen-bond acceptors (Lipinski definition) is 5. The Balaban J connectivity index is 2.36. The minimum absolute atomic E-state index is 0.136. The zero-order valence-corrected chi connectivity index (χ0v) is 13.5. The normalized spacial score (nSPS) is 10.8. The van der Waals surface area contributed by atoms with Crippen molar-refractivity contribution in [2.24, 2.45) is 0 Å². The highest BCUT2D eigenvalue weighted by Gasteiger charge is 2.13.